The van der Waals surface area contributed by atoms with E-state index in [1.807, 2.05) is 64.2 Å². The van der Waals surface area contributed by atoms with Crippen LogP contribution in [0.1, 0.15) is 55.6 Å². The molecule has 0 fully saturated rings. The molecule has 6 aromatic heterocycles. The first kappa shape index (κ1) is 34.6. The third kappa shape index (κ3) is 8.16. The summed E-state index contributed by atoms with van der Waals surface area (Å²) in [6.07, 6.45) is 3.71. The molecule has 6 nitrogen and oxygen atoms in total. The third-order valence-electron chi connectivity index (χ3n) is 10.3. The van der Waals surface area contributed by atoms with Gasteiger partial charge in [-0.2, -0.15) is 0 Å². The zero-order valence-corrected chi connectivity index (χ0v) is 36.5. The molecule has 0 N–H and O–H groups in total. The molecule has 7 heteroatoms. The third-order valence-corrected chi connectivity index (χ3v) is 10.3. The Bertz CT molecular complexity index is 3370. The van der Waals surface area contributed by atoms with E-state index in [1.165, 1.54) is 17.8 Å². The molecule has 0 saturated carbocycles. The van der Waals surface area contributed by atoms with Crippen molar-refractivity contribution in [1.29, 1.82) is 0 Å². The summed E-state index contributed by atoms with van der Waals surface area (Å²) in [6, 6.07) is 41.5. The molecule has 299 valence electrons. The number of furan rings is 2. The first-order chi connectivity index (χ1) is 30.5. The van der Waals surface area contributed by atoms with Crippen molar-refractivity contribution >= 4 is 44.1 Å². The number of aryl methyl sites for hydroxylation is 4. The van der Waals surface area contributed by atoms with Gasteiger partial charge in [-0.05, 0) is 119 Å². The van der Waals surface area contributed by atoms with Gasteiger partial charge in [0.05, 0.1) is 5.58 Å². The van der Waals surface area contributed by atoms with Crippen molar-refractivity contribution in [2.24, 2.45) is 5.41 Å². The van der Waals surface area contributed by atoms with E-state index in [0.29, 0.717) is 28.2 Å². The Hall–Kier alpha value is -6.27. The summed E-state index contributed by atoms with van der Waals surface area (Å²) in [5.41, 5.74) is 13.9. The Morgan fingerprint density at radius 1 is 0.683 bits per heavy atom. The molecule has 1 radical (unpaired) electrons. The van der Waals surface area contributed by atoms with Gasteiger partial charge in [0.15, 0.2) is 0 Å². The quantitative estimate of drug-likeness (QED) is 0.160. The molecule has 60 heavy (non-hydrogen) atoms. The maximum Gasteiger partial charge on any atom is 0.227 e. The van der Waals surface area contributed by atoms with Crippen molar-refractivity contribution in [2.45, 2.75) is 54.8 Å². The van der Waals surface area contributed by atoms with Gasteiger partial charge in [0.2, 0.25) is 11.4 Å². The van der Waals surface area contributed by atoms with Crippen LogP contribution >= 0.6 is 0 Å². The van der Waals surface area contributed by atoms with Gasteiger partial charge >= 0.3 is 0 Å². The number of hydrogen-bond acceptors (Lipinski definition) is 6. The van der Waals surface area contributed by atoms with Crippen molar-refractivity contribution in [3.63, 3.8) is 0 Å². The summed E-state index contributed by atoms with van der Waals surface area (Å²) in [5, 5.41) is 4.12. The predicted octanol–water partition coefficient (Wildman–Crippen LogP) is 13.8. The molecule has 0 spiro atoms. The van der Waals surface area contributed by atoms with Crippen LogP contribution in [0.25, 0.3) is 88.9 Å². The monoisotopic (exact) mass is 966 g/mol. The van der Waals surface area contributed by atoms with Gasteiger partial charge in [-0.1, -0.05) is 81.0 Å². The van der Waals surface area contributed by atoms with Crippen LogP contribution in [-0.2, 0) is 26.5 Å². The summed E-state index contributed by atoms with van der Waals surface area (Å²) in [6.45, 7) is 9.63. The predicted molar refractivity (Wildman–Crippen MR) is 240 cm³/mol. The topological polar surface area (TPSA) is 77.8 Å². The van der Waals surface area contributed by atoms with Crippen LogP contribution in [0.4, 0.5) is 0 Å². The Morgan fingerprint density at radius 3 is 2.25 bits per heavy atom. The second-order valence-electron chi connectivity index (χ2n) is 15.9. The molecular weight excluding hydrogens is 917 g/mol. The fourth-order valence-corrected chi connectivity index (χ4v) is 7.44. The van der Waals surface area contributed by atoms with Gasteiger partial charge in [0, 0.05) is 67.4 Å². The van der Waals surface area contributed by atoms with E-state index in [9.17, 15) is 0 Å². The zero-order chi connectivity index (χ0) is 45.1. The molecule has 0 amide bonds. The largest absolute Gasteiger partial charge is 0.486 e. The normalized spacial score (nSPS) is 13.2. The Morgan fingerprint density at radius 2 is 1.48 bits per heavy atom. The molecule has 10 rings (SSSR count). The molecular formula is C53H44IrN4O2-2. The van der Waals surface area contributed by atoms with E-state index in [2.05, 4.69) is 89.5 Å². The number of benzene rings is 4. The van der Waals surface area contributed by atoms with Crippen LogP contribution in [0.5, 0.6) is 0 Å². The molecule has 0 saturated heterocycles. The number of pyridine rings is 4. The first-order valence-corrected chi connectivity index (χ1v) is 19.5. The van der Waals surface area contributed by atoms with Crippen LogP contribution in [0, 0.1) is 45.2 Å². The molecule has 10 aromatic rings. The van der Waals surface area contributed by atoms with Crippen molar-refractivity contribution in [2.75, 3.05) is 0 Å². The average molecular weight is 966 g/mol. The fourth-order valence-electron chi connectivity index (χ4n) is 7.44. The minimum absolute atomic E-state index is 0. The van der Waals surface area contributed by atoms with Crippen LogP contribution < -0.4 is 0 Å². The number of hydrogen-bond donors (Lipinski definition) is 0. The molecule has 6 heterocycles. The minimum atomic E-state index is -2.14. The summed E-state index contributed by atoms with van der Waals surface area (Å²) >= 11 is 0. The average Bonchev–Trinajstić information content (AvgIpc) is 3.84. The van der Waals surface area contributed by atoms with Crippen LogP contribution in [0.2, 0.25) is 0 Å². The van der Waals surface area contributed by atoms with Crippen LogP contribution in [-0.4, -0.2) is 19.9 Å². The van der Waals surface area contributed by atoms with Gasteiger partial charge in [0.1, 0.15) is 5.58 Å². The zero-order valence-electron chi connectivity index (χ0n) is 39.1. The summed E-state index contributed by atoms with van der Waals surface area (Å²) in [5.74, 6) is 0. The molecule has 4 aromatic carbocycles. The maximum atomic E-state index is 8.25. The number of fused-ring (bicyclic) bond motifs is 6. The van der Waals surface area contributed by atoms with Gasteiger partial charge in [-0.25, -0.2) is 9.97 Å². The van der Waals surface area contributed by atoms with Gasteiger partial charge in [-0.15, -0.1) is 53.6 Å². The van der Waals surface area contributed by atoms with Crippen molar-refractivity contribution in [3.8, 4) is 44.8 Å². The van der Waals surface area contributed by atoms with E-state index >= 15 is 0 Å². The van der Waals surface area contributed by atoms with E-state index in [1.54, 1.807) is 30.5 Å². The van der Waals surface area contributed by atoms with Gasteiger partial charge in [-0.3, -0.25) is 0 Å². The number of rotatable bonds is 5. The summed E-state index contributed by atoms with van der Waals surface area (Å²) < 4.78 is 50.8. The Balaban J connectivity index is 0.000000206. The van der Waals surface area contributed by atoms with Crippen molar-refractivity contribution in [3.05, 3.63) is 168 Å². The van der Waals surface area contributed by atoms with E-state index in [-0.39, 0.29) is 25.7 Å². The summed E-state index contributed by atoms with van der Waals surface area (Å²) in [4.78, 5) is 18.0. The Labute approximate surface area is 371 Å². The second-order valence-corrected chi connectivity index (χ2v) is 15.9. The first-order valence-electron chi connectivity index (χ1n) is 22.0. The molecule has 0 aliphatic carbocycles. The fraction of sp³-hybridized carbons (Fsp3) is 0.170. The van der Waals surface area contributed by atoms with Crippen LogP contribution in [0.3, 0.4) is 0 Å². The maximum absolute atomic E-state index is 8.25. The molecule has 0 unspecified atom stereocenters. The van der Waals surface area contributed by atoms with Gasteiger partial charge in [0.25, 0.3) is 0 Å². The second kappa shape index (κ2) is 16.4. The van der Waals surface area contributed by atoms with E-state index < -0.39 is 18.6 Å². The van der Waals surface area contributed by atoms with Gasteiger partial charge < -0.3 is 18.8 Å². The van der Waals surface area contributed by atoms with E-state index in [0.717, 1.165) is 77.5 Å². The molecule has 0 aliphatic heterocycles. The molecule has 0 bridgehead atoms. The smallest absolute Gasteiger partial charge is 0.227 e. The van der Waals surface area contributed by atoms with Crippen LogP contribution in [0.15, 0.2) is 137 Å². The van der Waals surface area contributed by atoms with E-state index in [4.69, 9.17) is 20.7 Å². The number of aromatic nitrogens is 4. The molecule has 0 atom stereocenters. The van der Waals surface area contributed by atoms with Crippen molar-refractivity contribution in [1.82, 2.24) is 19.9 Å². The molecule has 0 aliphatic rings. The van der Waals surface area contributed by atoms with Crippen molar-refractivity contribution < 1.29 is 35.8 Å². The number of nitrogens with zero attached hydrogens (tertiary/aromatic N) is 4. The summed E-state index contributed by atoms with van der Waals surface area (Å²) in [7, 11) is 0. The SMILES string of the molecule is Cc1ccc2c(n1)oc1cc(-c3ccc(-c4cc(-c5[c-]ccc6c5oc5ncccc56)ncc4C)c(C)c3)ccc12.[2H]C([2H])([2H])c1c[c-]c(-c2ccc(C([2H])([2H])C(C)(C)C)cn2)cc1.[Ir]. The standard InChI is InChI=1S/C36H24N3O2.C17H20N.Ir/c1-20-16-23(24-11-14-26-29-12-9-22(3)39-36(29)40-33(26)17-24)10-13-25(20)31-18-32(38-19-21(31)2)30-7-4-6-27-28-8-5-15-37-35(28)41-34(27)30;1-13-5-8-15(9-6-13)16-10-7-14(12-18-16)11-17(2,3)4;/h4-6,8-19H,1-3H3;5-8,10,12H,11H2,1-4H3;/q2*-1;/i;1D3,11D2;. The Kier molecular flexibility index (Phi) is 9.46. The minimum Gasteiger partial charge on any atom is -0.486 e.